The maximum atomic E-state index is 10.8. The fraction of sp³-hybridized carbons (Fsp3) is 0.750. The number of carbonyl (C=O) groups is 1. The van der Waals surface area contributed by atoms with Gasteiger partial charge in [-0.2, -0.15) is 6.42 Å². The Balaban J connectivity index is 0. The van der Waals surface area contributed by atoms with E-state index >= 15 is 0 Å². The second-order valence-electron chi connectivity index (χ2n) is 2.45. The van der Waals surface area contributed by atoms with E-state index in [1.54, 1.807) is 6.92 Å². The van der Waals surface area contributed by atoms with Crippen LogP contribution in [0.25, 0.3) is 0 Å². The molecule has 0 aromatic carbocycles. The molecule has 0 heterocycles. The van der Waals surface area contributed by atoms with E-state index in [0.29, 0.717) is 0 Å². The summed E-state index contributed by atoms with van der Waals surface area (Å²) >= 11 is 0. The topological polar surface area (TPSA) is 29.1 Å². The van der Waals surface area contributed by atoms with E-state index in [2.05, 4.69) is 12.2 Å². The summed E-state index contributed by atoms with van der Waals surface area (Å²) < 4.78 is 0. The molecule has 0 spiro atoms. The van der Waals surface area contributed by atoms with E-state index in [9.17, 15) is 4.79 Å². The summed E-state index contributed by atoms with van der Waals surface area (Å²) in [7, 11) is 1.81. The van der Waals surface area contributed by atoms with Gasteiger partial charge in [-0.3, -0.25) is 4.79 Å². The molecule has 1 N–H and O–H groups in total. The zero-order valence-corrected chi connectivity index (χ0v) is 8.12. The predicted molar refractivity (Wildman–Crippen MR) is 42.7 cm³/mol. The van der Waals surface area contributed by atoms with Crippen LogP contribution in [0, 0.1) is 6.92 Å². The second kappa shape index (κ2) is 8.22. The Labute approximate surface area is 79.1 Å². The van der Waals surface area contributed by atoms with Gasteiger partial charge in [0.15, 0.2) is 0 Å². The fourth-order valence-corrected chi connectivity index (χ4v) is 0.899. The van der Waals surface area contributed by atoms with Gasteiger partial charge in [-0.05, 0) is 20.4 Å². The minimum atomic E-state index is 0. The normalized spacial score (nSPS) is 11.9. The molecule has 11 heavy (non-hydrogen) atoms. The van der Waals surface area contributed by atoms with Crippen LogP contribution in [-0.4, -0.2) is 18.9 Å². The first-order valence-corrected chi connectivity index (χ1v) is 3.69. The van der Waals surface area contributed by atoms with Gasteiger partial charge in [0.25, 0.3) is 0 Å². The first-order valence-electron chi connectivity index (χ1n) is 3.69. The van der Waals surface area contributed by atoms with Crippen molar-refractivity contribution in [3.05, 3.63) is 6.92 Å². The Morgan fingerprint density at radius 1 is 1.64 bits per heavy atom. The zero-order chi connectivity index (χ0) is 7.98. The van der Waals surface area contributed by atoms with Crippen LogP contribution in [0.4, 0.5) is 0 Å². The van der Waals surface area contributed by atoms with Gasteiger partial charge in [-0.25, -0.2) is 0 Å². The number of carbonyl (C=O) groups excluding carboxylic acids is 1. The summed E-state index contributed by atoms with van der Waals surface area (Å²) in [5.41, 5.74) is 0. The predicted octanol–water partition coefficient (Wildman–Crippen LogP) is 1.17. The molecule has 70 valence electrons. The Bertz CT molecular complexity index is 106. The maximum Gasteiger partial charge on any atom is 0.146 e. The van der Waals surface area contributed by atoms with Gasteiger partial charge >= 0.3 is 0 Å². The number of hydrogen-bond acceptors (Lipinski definition) is 2. The van der Waals surface area contributed by atoms with Gasteiger partial charge in [0.05, 0.1) is 6.04 Å². The van der Waals surface area contributed by atoms with Gasteiger partial charge in [0.1, 0.15) is 5.78 Å². The van der Waals surface area contributed by atoms with Crippen LogP contribution in [0.1, 0.15) is 26.2 Å². The number of unbranched alkanes of at least 4 members (excludes halogenated alkanes) is 1. The van der Waals surface area contributed by atoms with Crippen LogP contribution in [0.2, 0.25) is 0 Å². The van der Waals surface area contributed by atoms with Gasteiger partial charge < -0.3 is 12.2 Å². The minimum Gasteiger partial charge on any atom is -0.343 e. The first-order chi connectivity index (χ1) is 4.72. The number of rotatable bonds is 5. The molecule has 0 radical (unpaired) electrons. The summed E-state index contributed by atoms with van der Waals surface area (Å²) in [6.45, 7) is 5.33. The van der Waals surface area contributed by atoms with E-state index in [-0.39, 0.29) is 28.3 Å². The summed E-state index contributed by atoms with van der Waals surface area (Å²) in [6.07, 6.45) is 2.84. The summed E-state index contributed by atoms with van der Waals surface area (Å²) in [6, 6.07) is 0.0433. The van der Waals surface area contributed by atoms with Crippen LogP contribution in [0.3, 0.4) is 0 Å². The van der Waals surface area contributed by atoms with Crippen molar-refractivity contribution in [2.24, 2.45) is 0 Å². The molecule has 0 aliphatic heterocycles. The number of hydrogen-bond donors (Lipinski definition) is 1. The van der Waals surface area contributed by atoms with E-state index in [1.807, 2.05) is 7.05 Å². The Morgan fingerprint density at radius 2 is 2.18 bits per heavy atom. The molecule has 0 saturated carbocycles. The molecule has 1 atom stereocenters. The number of ketones is 1. The molecule has 2 nitrogen and oxygen atoms in total. The minimum absolute atomic E-state index is 0. The van der Waals surface area contributed by atoms with Crippen LogP contribution >= 0.6 is 0 Å². The third-order valence-corrected chi connectivity index (χ3v) is 1.58. The standard InChI is InChI=1S/C8H16NO.Ni/c1-4-5-6-8(9-3)7(2)10;/h8-9H,1,4-6H2,2-3H3;/q-1;. The van der Waals surface area contributed by atoms with Crippen LogP contribution in [0.15, 0.2) is 0 Å². The van der Waals surface area contributed by atoms with E-state index < -0.39 is 0 Å². The molecular weight excluding hydrogens is 185 g/mol. The number of Topliss-reactive ketones (excluding diaryl/α,β-unsaturated/α-hetero) is 1. The largest absolute Gasteiger partial charge is 0.343 e. The SMILES string of the molecule is [CH2-]CCCC(NC)C(C)=O.[Ni]. The van der Waals surface area contributed by atoms with Crippen LogP contribution < -0.4 is 5.32 Å². The van der Waals surface area contributed by atoms with Crippen molar-refractivity contribution in [3.63, 3.8) is 0 Å². The molecular formula is C8H16NNiO-. The molecule has 0 aliphatic rings. The molecule has 0 aromatic heterocycles. The smallest absolute Gasteiger partial charge is 0.146 e. The van der Waals surface area contributed by atoms with E-state index in [1.165, 1.54) is 0 Å². The second-order valence-corrected chi connectivity index (χ2v) is 2.45. The summed E-state index contributed by atoms with van der Waals surface area (Å²) in [5.74, 6) is 0.218. The fourth-order valence-electron chi connectivity index (χ4n) is 0.899. The van der Waals surface area contributed by atoms with Crippen molar-refractivity contribution in [2.75, 3.05) is 7.05 Å². The van der Waals surface area contributed by atoms with Crippen molar-refractivity contribution in [1.82, 2.24) is 5.32 Å². The maximum absolute atomic E-state index is 10.8. The van der Waals surface area contributed by atoms with Gasteiger partial charge in [0, 0.05) is 16.5 Å². The Hall–Kier alpha value is 0.124. The third-order valence-electron chi connectivity index (χ3n) is 1.58. The molecule has 0 rings (SSSR count). The molecule has 0 aromatic rings. The quantitative estimate of drug-likeness (QED) is 0.534. The molecule has 0 bridgehead atoms. The first kappa shape index (κ1) is 13.7. The van der Waals surface area contributed by atoms with Crippen molar-refractivity contribution in [1.29, 1.82) is 0 Å². The monoisotopic (exact) mass is 200 g/mol. The molecule has 0 saturated heterocycles. The third kappa shape index (κ3) is 6.52. The van der Waals surface area contributed by atoms with Crippen molar-refractivity contribution >= 4 is 5.78 Å². The molecule has 0 aliphatic carbocycles. The molecule has 1 unspecified atom stereocenters. The average Bonchev–Trinajstić information content (AvgIpc) is 1.89. The number of likely N-dealkylation sites (N-methyl/N-ethyl adjacent to an activating group) is 1. The zero-order valence-electron chi connectivity index (χ0n) is 7.13. The van der Waals surface area contributed by atoms with Crippen LogP contribution in [0.5, 0.6) is 0 Å². The number of nitrogens with one attached hydrogen (secondary N) is 1. The van der Waals surface area contributed by atoms with Crippen molar-refractivity contribution in [3.8, 4) is 0 Å². The molecule has 0 amide bonds. The summed E-state index contributed by atoms with van der Waals surface area (Å²) in [5, 5.41) is 2.96. The van der Waals surface area contributed by atoms with Crippen molar-refractivity contribution in [2.45, 2.75) is 32.2 Å². The van der Waals surface area contributed by atoms with Gasteiger partial charge in [0.2, 0.25) is 0 Å². The van der Waals surface area contributed by atoms with Crippen molar-refractivity contribution < 1.29 is 21.3 Å². The average molecular weight is 201 g/mol. The molecule has 0 fully saturated rings. The van der Waals surface area contributed by atoms with Crippen LogP contribution in [-0.2, 0) is 21.3 Å². The summed E-state index contributed by atoms with van der Waals surface area (Å²) in [4.78, 5) is 10.8. The Kier molecular flexibility index (Phi) is 10.2. The Morgan fingerprint density at radius 3 is 2.45 bits per heavy atom. The van der Waals surface area contributed by atoms with Gasteiger partial charge in [-0.15, -0.1) is 0 Å². The van der Waals surface area contributed by atoms with E-state index in [0.717, 1.165) is 19.3 Å². The molecule has 3 heteroatoms. The van der Waals surface area contributed by atoms with E-state index in [4.69, 9.17) is 0 Å². The van der Waals surface area contributed by atoms with Gasteiger partial charge in [-0.1, -0.05) is 6.42 Å².